The average Bonchev–Trinajstić information content (AvgIpc) is 2.64. The van der Waals surface area contributed by atoms with Crippen LogP contribution < -0.4 is 10.4 Å². The van der Waals surface area contributed by atoms with Gasteiger partial charge in [0.2, 0.25) is 0 Å². The summed E-state index contributed by atoms with van der Waals surface area (Å²) >= 11 is 0. The smallest absolute Gasteiger partial charge is 0.423 e. The van der Waals surface area contributed by atoms with Gasteiger partial charge in [-0.25, -0.2) is 0 Å². The molecule has 5 heteroatoms. The number of anilines is 1. The van der Waals surface area contributed by atoms with Crippen molar-refractivity contribution in [3.63, 3.8) is 0 Å². The van der Waals surface area contributed by atoms with Crippen molar-refractivity contribution in [3.8, 4) is 0 Å². The molecule has 4 nitrogen and oxygen atoms in total. The predicted octanol–water partition coefficient (Wildman–Crippen LogP) is 0.515. The predicted molar refractivity (Wildman–Crippen MR) is 76.7 cm³/mol. The molecule has 0 amide bonds. The van der Waals surface area contributed by atoms with E-state index in [1.54, 1.807) is 12.1 Å². The maximum absolute atomic E-state index is 12.5. The van der Waals surface area contributed by atoms with Crippen LogP contribution in [0.4, 0.5) is 5.69 Å². The minimum Gasteiger partial charge on any atom is -0.423 e. The first-order chi connectivity index (χ1) is 8.71. The maximum atomic E-state index is 12.5. The first-order valence-electron chi connectivity index (χ1n) is 6.47. The number of likely N-dealkylation sites (N-methyl/N-ethyl adjacent to an activating group) is 1. The lowest BCUT2D eigenvalue weighted by Gasteiger charge is -2.22. The molecular weight excluding hydrogens is 241 g/mol. The lowest BCUT2D eigenvalue weighted by Crippen LogP contribution is -2.30. The molecule has 2 rings (SSSR count). The number of nitrogens with zero attached hydrogens (tertiary/aromatic N) is 1. The molecule has 0 fully saturated rings. The highest BCUT2D eigenvalue weighted by atomic mass is 16.4. The molecule has 1 aromatic rings. The third-order valence-corrected chi connectivity index (χ3v) is 3.65. The van der Waals surface area contributed by atoms with Crippen LogP contribution >= 0.6 is 0 Å². The molecule has 1 aliphatic heterocycles. The minimum atomic E-state index is -1.48. The molecular formula is C14H20BNO3. The Labute approximate surface area is 114 Å². The third-order valence-electron chi connectivity index (χ3n) is 3.65. The number of fused-ring (bicyclic) bond motifs is 1. The second kappa shape index (κ2) is 4.65. The van der Waals surface area contributed by atoms with Crippen molar-refractivity contribution in [1.82, 2.24) is 0 Å². The van der Waals surface area contributed by atoms with E-state index in [2.05, 4.69) is 0 Å². The summed E-state index contributed by atoms with van der Waals surface area (Å²) in [4.78, 5) is 14.5. The first-order valence-corrected chi connectivity index (χ1v) is 6.47. The fourth-order valence-electron chi connectivity index (χ4n) is 2.56. The molecule has 1 heterocycles. The molecule has 0 aliphatic carbocycles. The quantitative estimate of drug-likeness (QED) is 0.762. The van der Waals surface area contributed by atoms with E-state index in [1.807, 2.05) is 38.8 Å². The van der Waals surface area contributed by atoms with Crippen LogP contribution in [0.15, 0.2) is 18.2 Å². The summed E-state index contributed by atoms with van der Waals surface area (Å²) < 4.78 is 0. The van der Waals surface area contributed by atoms with Gasteiger partial charge in [-0.05, 0) is 17.1 Å². The molecule has 0 radical (unpaired) electrons. The van der Waals surface area contributed by atoms with Crippen molar-refractivity contribution in [1.29, 1.82) is 0 Å². The number of ketones is 1. The number of rotatable bonds is 2. The Balaban J connectivity index is 2.40. The van der Waals surface area contributed by atoms with Gasteiger partial charge in [0.15, 0.2) is 0 Å². The van der Waals surface area contributed by atoms with Crippen LogP contribution in [0.3, 0.4) is 0 Å². The molecule has 19 heavy (non-hydrogen) atoms. The zero-order valence-electron chi connectivity index (χ0n) is 11.8. The number of Topliss-reactive ketones (excluding diaryl/α,β-unsaturated/α-hetero) is 1. The summed E-state index contributed by atoms with van der Waals surface area (Å²) in [5.74, 6) is 0.0836. The second-order valence-corrected chi connectivity index (χ2v) is 6.24. The third kappa shape index (κ3) is 2.53. The number of hydrogen-bond acceptors (Lipinski definition) is 4. The van der Waals surface area contributed by atoms with Crippen LogP contribution in [0, 0.1) is 5.41 Å². The van der Waals surface area contributed by atoms with Crippen LogP contribution in [0.25, 0.3) is 0 Å². The van der Waals surface area contributed by atoms with Crippen molar-refractivity contribution >= 4 is 24.1 Å². The maximum Gasteiger partial charge on any atom is 0.488 e. The molecule has 102 valence electrons. The van der Waals surface area contributed by atoms with E-state index in [-0.39, 0.29) is 17.1 Å². The van der Waals surface area contributed by atoms with Crippen molar-refractivity contribution in [2.45, 2.75) is 26.7 Å². The molecule has 0 saturated heterocycles. The number of hydrogen-bond donors (Lipinski definition) is 2. The molecule has 0 bridgehead atoms. The Morgan fingerprint density at radius 1 is 1.37 bits per heavy atom. The minimum absolute atomic E-state index is 0.134. The van der Waals surface area contributed by atoms with Gasteiger partial charge in [-0.15, -0.1) is 0 Å². The average molecular weight is 261 g/mol. The van der Waals surface area contributed by atoms with Gasteiger partial charge in [0.05, 0.1) is 5.92 Å². The largest absolute Gasteiger partial charge is 0.488 e. The lowest BCUT2D eigenvalue weighted by atomic mass is 9.77. The Morgan fingerprint density at radius 2 is 2.00 bits per heavy atom. The monoisotopic (exact) mass is 261 g/mol. The van der Waals surface area contributed by atoms with Gasteiger partial charge in [0, 0.05) is 24.7 Å². The number of carbonyl (C=O) groups excluding carboxylic acids is 1. The van der Waals surface area contributed by atoms with E-state index in [0.717, 1.165) is 11.3 Å². The van der Waals surface area contributed by atoms with Gasteiger partial charge in [-0.2, -0.15) is 0 Å². The Kier molecular flexibility index (Phi) is 3.45. The first kappa shape index (κ1) is 14.1. The topological polar surface area (TPSA) is 60.8 Å². The highest BCUT2D eigenvalue weighted by Gasteiger charge is 2.37. The Bertz CT molecular complexity index is 508. The number of benzene rings is 1. The van der Waals surface area contributed by atoms with E-state index >= 15 is 0 Å². The zero-order chi connectivity index (χ0) is 14.4. The lowest BCUT2D eigenvalue weighted by molar-refractivity contribution is -0.127. The fourth-order valence-corrected chi connectivity index (χ4v) is 2.56. The summed E-state index contributed by atoms with van der Waals surface area (Å²) in [6.07, 6.45) is 0. The molecule has 2 N–H and O–H groups in total. The van der Waals surface area contributed by atoms with E-state index in [4.69, 9.17) is 0 Å². The fraction of sp³-hybridized carbons (Fsp3) is 0.500. The van der Waals surface area contributed by atoms with Gasteiger partial charge in [-0.3, -0.25) is 4.79 Å². The van der Waals surface area contributed by atoms with Gasteiger partial charge < -0.3 is 14.9 Å². The van der Waals surface area contributed by atoms with Crippen molar-refractivity contribution in [2.75, 3.05) is 18.5 Å². The SMILES string of the molecule is CN1CC(C(=O)C(C)(C)C)c2ccc(B(O)O)cc21. The second-order valence-electron chi connectivity index (χ2n) is 6.24. The summed E-state index contributed by atoms with van der Waals surface area (Å²) in [7, 11) is 0.443. The van der Waals surface area contributed by atoms with Crippen molar-refractivity contribution < 1.29 is 14.8 Å². The highest BCUT2D eigenvalue weighted by molar-refractivity contribution is 6.58. The standard InChI is InChI=1S/C14H20BNO3/c1-14(2,3)13(17)11-8-16(4)12-7-9(15(18)19)5-6-10(11)12/h5-7,11,18-19H,8H2,1-4H3. The van der Waals surface area contributed by atoms with Gasteiger partial charge >= 0.3 is 7.12 Å². The zero-order valence-corrected chi connectivity index (χ0v) is 11.8. The molecule has 0 spiro atoms. The molecule has 0 aromatic heterocycles. The Hall–Kier alpha value is -1.33. The van der Waals surface area contributed by atoms with E-state index < -0.39 is 7.12 Å². The van der Waals surface area contributed by atoms with Crippen molar-refractivity contribution in [2.24, 2.45) is 5.41 Å². The highest BCUT2D eigenvalue weighted by Crippen LogP contribution is 2.38. The molecule has 0 saturated carbocycles. The summed E-state index contributed by atoms with van der Waals surface area (Å²) in [6.45, 7) is 6.44. The van der Waals surface area contributed by atoms with Crippen molar-refractivity contribution in [3.05, 3.63) is 23.8 Å². The summed E-state index contributed by atoms with van der Waals surface area (Å²) in [5, 5.41) is 18.4. The summed E-state index contributed by atoms with van der Waals surface area (Å²) in [6, 6.07) is 5.25. The van der Waals surface area contributed by atoms with Crippen LogP contribution in [0.5, 0.6) is 0 Å². The van der Waals surface area contributed by atoms with E-state index in [0.29, 0.717) is 12.0 Å². The van der Waals surface area contributed by atoms with Gasteiger partial charge in [0.1, 0.15) is 5.78 Å². The molecule has 1 aromatic carbocycles. The van der Waals surface area contributed by atoms with E-state index in [9.17, 15) is 14.8 Å². The van der Waals surface area contributed by atoms with Crippen LogP contribution in [-0.4, -0.2) is 36.5 Å². The van der Waals surface area contributed by atoms with Gasteiger partial charge in [-0.1, -0.05) is 32.9 Å². The molecule has 1 unspecified atom stereocenters. The van der Waals surface area contributed by atoms with E-state index in [1.165, 1.54) is 0 Å². The number of carbonyl (C=O) groups is 1. The molecule has 1 aliphatic rings. The summed E-state index contributed by atoms with van der Waals surface area (Å²) in [5.41, 5.74) is 1.97. The normalized spacial score (nSPS) is 18.4. The molecule has 1 atom stereocenters. The van der Waals surface area contributed by atoms with Crippen LogP contribution in [0.1, 0.15) is 32.3 Å². The Morgan fingerprint density at radius 3 is 2.53 bits per heavy atom. The van der Waals surface area contributed by atoms with Crippen LogP contribution in [-0.2, 0) is 4.79 Å². The van der Waals surface area contributed by atoms with Gasteiger partial charge in [0.25, 0.3) is 0 Å². The van der Waals surface area contributed by atoms with Crippen LogP contribution in [0.2, 0.25) is 0 Å².